The Kier molecular flexibility index (Phi) is 7.91. The molecule has 0 unspecified atom stereocenters. The average molecular weight is 529 g/mol. The number of hydrogen-bond acceptors (Lipinski definition) is 8. The van der Waals surface area contributed by atoms with Crippen molar-refractivity contribution in [3.8, 4) is 0 Å². The van der Waals surface area contributed by atoms with E-state index in [9.17, 15) is 14.0 Å². The van der Waals surface area contributed by atoms with Gasteiger partial charge in [0.05, 0.1) is 22.5 Å². The number of carbonyl (C=O) groups excluding carboxylic acids is 2. The molecule has 2 N–H and O–H groups in total. The van der Waals surface area contributed by atoms with E-state index in [2.05, 4.69) is 25.6 Å². The van der Waals surface area contributed by atoms with Gasteiger partial charge in [0.2, 0.25) is 5.95 Å². The number of ether oxygens (including phenoxy) is 1. The van der Waals surface area contributed by atoms with Crippen LogP contribution in [0.3, 0.4) is 0 Å². The SMILES string of the molecule is Cc1cc2nc(N[C@@H](C)c3cncc(F)c3)nc(C(=O)NCC[C@H]3CCN(C(=O)OC(C)(C)C)C3)c2s1. The van der Waals surface area contributed by atoms with E-state index in [4.69, 9.17) is 4.74 Å². The normalized spacial score (nSPS) is 16.6. The standard InChI is InChI=1S/C26H33FN6O3S/c1-15-10-20-22(37-15)21(32-24(31-20)30-16(2)18-11-19(27)13-28-12-18)23(34)29-8-6-17-7-9-33(14-17)25(35)36-26(3,4)5/h10-13,16-17H,6-9,14H2,1-5H3,(H,29,34)(H,30,31,32)/t16-,17-/m0/s1. The molecule has 0 aliphatic carbocycles. The van der Waals surface area contributed by atoms with Gasteiger partial charge in [-0.25, -0.2) is 19.2 Å². The summed E-state index contributed by atoms with van der Waals surface area (Å²) in [5.41, 5.74) is 1.11. The number of aryl methyl sites for hydroxylation is 1. The predicted octanol–water partition coefficient (Wildman–Crippen LogP) is 5.08. The van der Waals surface area contributed by atoms with E-state index in [1.54, 1.807) is 11.1 Å². The summed E-state index contributed by atoms with van der Waals surface area (Å²) in [6, 6.07) is 3.01. The molecular formula is C26H33FN6O3S. The van der Waals surface area contributed by atoms with Crippen molar-refractivity contribution in [1.29, 1.82) is 0 Å². The summed E-state index contributed by atoms with van der Waals surface area (Å²) < 4.78 is 19.8. The number of hydrogen-bond donors (Lipinski definition) is 2. The van der Waals surface area contributed by atoms with E-state index in [0.29, 0.717) is 42.3 Å². The number of nitrogens with zero attached hydrogens (tertiary/aromatic N) is 4. The molecule has 11 heteroatoms. The molecule has 0 saturated carbocycles. The van der Waals surface area contributed by atoms with Crippen molar-refractivity contribution in [3.63, 3.8) is 0 Å². The maximum absolute atomic E-state index is 13.6. The summed E-state index contributed by atoms with van der Waals surface area (Å²) in [5.74, 6) is -0.122. The molecule has 0 radical (unpaired) electrons. The molecule has 4 rings (SSSR count). The molecule has 0 bridgehead atoms. The first kappa shape index (κ1) is 26.7. The molecule has 4 heterocycles. The van der Waals surface area contributed by atoms with Crippen molar-refractivity contribution < 1.29 is 18.7 Å². The van der Waals surface area contributed by atoms with Crippen LogP contribution in [0.5, 0.6) is 0 Å². The number of fused-ring (bicyclic) bond motifs is 1. The molecule has 1 aliphatic heterocycles. The number of anilines is 1. The van der Waals surface area contributed by atoms with Crippen LogP contribution in [0, 0.1) is 18.7 Å². The van der Waals surface area contributed by atoms with E-state index >= 15 is 0 Å². The fourth-order valence-corrected chi connectivity index (χ4v) is 5.18. The Labute approximate surface area is 219 Å². The summed E-state index contributed by atoms with van der Waals surface area (Å²) in [7, 11) is 0. The fraction of sp³-hybridized carbons (Fsp3) is 0.500. The number of carbonyl (C=O) groups is 2. The van der Waals surface area contributed by atoms with Gasteiger partial charge in [-0.05, 0) is 71.1 Å². The minimum absolute atomic E-state index is 0.278. The number of amides is 2. The highest BCUT2D eigenvalue weighted by atomic mass is 32.1. The lowest BCUT2D eigenvalue weighted by molar-refractivity contribution is 0.0287. The summed E-state index contributed by atoms with van der Waals surface area (Å²) in [5, 5.41) is 6.15. The monoisotopic (exact) mass is 528 g/mol. The zero-order valence-electron chi connectivity index (χ0n) is 21.8. The summed E-state index contributed by atoms with van der Waals surface area (Å²) in [4.78, 5) is 41.2. The highest BCUT2D eigenvalue weighted by Crippen LogP contribution is 2.28. The van der Waals surface area contributed by atoms with Gasteiger partial charge < -0.3 is 20.3 Å². The van der Waals surface area contributed by atoms with Crippen LogP contribution in [-0.4, -0.2) is 57.1 Å². The number of halogens is 1. The zero-order valence-corrected chi connectivity index (χ0v) is 22.6. The first-order valence-corrected chi connectivity index (χ1v) is 13.2. The van der Waals surface area contributed by atoms with Gasteiger partial charge in [0.1, 0.15) is 11.4 Å². The van der Waals surface area contributed by atoms with Gasteiger partial charge in [-0.3, -0.25) is 9.78 Å². The summed E-state index contributed by atoms with van der Waals surface area (Å²) >= 11 is 1.47. The van der Waals surface area contributed by atoms with Crippen LogP contribution in [0.4, 0.5) is 15.1 Å². The largest absolute Gasteiger partial charge is 0.444 e. The Morgan fingerprint density at radius 1 is 1.27 bits per heavy atom. The lowest BCUT2D eigenvalue weighted by Gasteiger charge is -2.24. The first-order valence-electron chi connectivity index (χ1n) is 12.4. The van der Waals surface area contributed by atoms with E-state index in [-0.39, 0.29) is 24.0 Å². The molecule has 3 aromatic heterocycles. The predicted molar refractivity (Wildman–Crippen MR) is 141 cm³/mol. The third kappa shape index (κ3) is 6.91. The van der Waals surface area contributed by atoms with E-state index in [0.717, 1.165) is 28.6 Å². The van der Waals surface area contributed by atoms with Crippen LogP contribution in [0.2, 0.25) is 0 Å². The van der Waals surface area contributed by atoms with Gasteiger partial charge in [0.25, 0.3) is 5.91 Å². The Morgan fingerprint density at radius 3 is 2.78 bits per heavy atom. The summed E-state index contributed by atoms with van der Waals surface area (Å²) in [6.07, 6.45) is 4.05. The number of pyridine rings is 1. The highest BCUT2D eigenvalue weighted by Gasteiger charge is 2.29. The Bertz CT molecular complexity index is 1290. The van der Waals surface area contributed by atoms with E-state index in [1.807, 2.05) is 40.7 Å². The molecular weight excluding hydrogens is 495 g/mol. The molecule has 0 aromatic carbocycles. The third-order valence-corrected chi connectivity index (χ3v) is 7.10. The zero-order chi connectivity index (χ0) is 26.7. The fourth-order valence-electron chi connectivity index (χ4n) is 4.24. The van der Waals surface area contributed by atoms with Crippen LogP contribution >= 0.6 is 11.3 Å². The number of rotatable bonds is 7. The van der Waals surface area contributed by atoms with Gasteiger partial charge in [-0.2, -0.15) is 0 Å². The smallest absolute Gasteiger partial charge is 0.410 e. The Balaban J connectivity index is 1.39. The van der Waals surface area contributed by atoms with Crippen molar-refractivity contribution in [2.45, 2.75) is 59.1 Å². The van der Waals surface area contributed by atoms with Crippen LogP contribution in [0.1, 0.15) is 67.5 Å². The molecule has 198 valence electrons. The third-order valence-electron chi connectivity index (χ3n) is 6.06. The van der Waals surface area contributed by atoms with Crippen LogP contribution in [0.25, 0.3) is 10.2 Å². The van der Waals surface area contributed by atoms with Crippen LogP contribution in [0.15, 0.2) is 24.5 Å². The van der Waals surface area contributed by atoms with Crippen LogP contribution in [-0.2, 0) is 4.74 Å². The molecule has 9 nitrogen and oxygen atoms in total. The van der Waals surface area contributed by atoms with Gasteiger partial charge >= 0.3 is 6.09 Å². The van der Waals surface area contributed by atoms with Gasteiger partial charge in [0, 0.05) is 30.7 Å². The molecule has 1 fully saturated rings. The number of nitrogens with one attached hydrogen (secondary N) is 2. The van der Waals surface area contributed by atoms with Gasteiger partial charge in [0.15, 0.2) is 5.69 Å². The highest BCUT2D eigenvalue weighted by molar-refractivity contribution is 7.19. The topological polar surface area (TPSA) is 109 Å². The van der Waals surface area contributed by atoms with Gasteiger partial charge in [-0.1, -0.05) is 0 Å². The van der Waals surface area contributed by atoms with E-state index < -0.39 is 11.4 Å². The number of aromatic nitrogens is 3. The summed E-state index contributed by atoms with van der Waals surface area (Å²) in [6.45, 7) is 11.1. The van der Waals surface area contributed by atoms with Crippen molar-refractivity contribution >= 4 is 39.5 Å². The Hall–Kier alpha value is -3.34. The number of likely N-dealkylation sites (tertiary alicyclic amines) is 1. The second-order valence-electron chi connectivity index (χ2n) is 10.4. The number of thiophene rings is 1. The molecule has 1 aliphatic rings. The van der Waals surface area contributed by atoms with Gasteiger partial charge in [-0.15, -0.1) is 11.3 Å². The average Bonchev–Trinajstić information content (AvgIpc) is 3.43. The maximum Gasteiger partial charge on any atom is 0.410 e. The van der Waals surface area contributed by atoms with Crippen molar-refractivity contribution in [2.24, 2.45) is 5.92 Å². The lowest BCUT2D eigenvalue weighted by atomic mass is 10.1. The second kappa shape index (κ2) is 11.0. The first-order chi connectivity index (χ1) is 17.5. The Morgan fingerprint density at radius 2 is 2.05 bits per heavy atom. The van der Waals surface area contributed by atoms with E-state index in [1.165, 1.54) is 17.4 Å². The maximum atomic E-state index is 13.6. The molecule has 3 aromatic rings. The van der Waals surface area contributed by atoms with Crippen molar-refractivity contribution in [2.75, 3.05) is 25.0 Å². The minimum Gasteiger partial charge on any atom is -0.444 e. The van der Waals surface area contributed by atoms with Crippen molar-refractivity contribution in [3.05, 3.63) is 46.5 Å². The molecule has 2 amide bonds. The lowest BCUT2D eigenvalue weighted by Crippen LogP contribution is -2.35. The molecule has 37 heavy (non-hydrogen) atoms. The van der Waals surface area contributed by atoms with Crippen molar-refractivity contribution in [1.82, 2.24) is 25.2 Å². The molecule has 1 saturated heterocycles. The second-order valence-corrected chi connectivity index (χ2v) is 11.7. The quantitative estimate of drug-likeness (QED) is 0.440. The molecule has 0 spiro atoms. The minimum atomic E-state index is -0.522. The van der Waals surface area contributed by atoms with Crippen LogP contribution < -0.4 is 10.6 Å². The molecule has 2 atom stereocenters.